The second kappa shape index (κ2) is 11.7. The van der Waals surface area contributed by atoms with Gasteiger partial charge in [0.2, 0.25) is 11.8 Å². The lowest BCUT2D eigenvalue weighted by Crippen LogP contribution is -2.09. The maximum Gasteiger partial charge on any atom is 0.227 e. The lowest BCUT2D eigenvalue weighted by Gasteiger charge is -2.26. The van der Waals surface area contributed by atoms with Crippen molar-refractivity contribution in [3.05, 3.63) is 176 Å². The van der Waals surface area contributed by atoms with Crippen LogP contribution in [0.1, 0.15) is 0 Å². The van der Waals surface area contributed by atoms with Crippen LogP contribution in [0.5, 0.6) is 0 Å². The van der Waals surface area contributed by atoms with Gasteiger partial charge in [-0.3, -0.25) is 0 Å². The van der Waals surface area contributed by atoms with Gasteiger partial charge in [0.15, 0.2) is 11.2 Å². The Bertz CT molecular complexity index is 3020. The molecule has 9 aromatic carbocycles. The van der Waals surface area contributed by atoms with Gasteiger partial charge in [0.05, 0.1) is 0 Å². The highest BCUT2D eigenvalue weighted by molar-refractivity contribution is 6.05. The number of nitrogens with zero attached hydrogens (tertiary/aromatic N) is 3. The van der Waals surface area contributed by atoms with Gasteiger partial charge in [0.25, 0.3) is 0 Å². The number of hydrogen-bond donors (Lipinski definition) is 0. The van der Waals surface area contributed by atoms with Crippen molar-refractivity contribution in [1.82, 2.24) is 9.97 Å². The Balaban J connectivity index is 1.01. The van der Waals surface area contributed by atoms with E-state index in [4.69, 9.17) is 18.8 Å². The van der Waals surface area contributed by atoms with Crippen molar-refractivity contribution >= 4 is 82.4 Å². The molecule has 0 aliphatic heterocycles. The molecule has 0 fully saturated rings. The van der Waals surface area contributed by atoms with Crippen molar-refractivity contribution in [3.8, 4) is 22.9 Å². The molecule has 0 N–H and O–H groups in total. The number of anilines is 3. The van der Waals surface area contributed by atoms with Crippen molar-refractivity contribution in [3.63, 3.8) is 0 Å². The van der Waals surface area contributed by atoms with Gasteiger partial charge in [0.1, 0.15) is 11.0 Å². The summed E-state index contributed by atoms with van der Waals surface area (Å²) >= 11 is 0. The van der Waals surface area contributed by atoms with Gasteiger partial charge >= 0.3 is 0 Å². The molecular formula is C48H29N3O2. The first-order chi connectivity index (χ1) is 26.2. The fraction of sp³-hybridized carbons (Fsp3) is 0. The zero-order chi connectivity index (χ0) is 34.9. The minimum Gasteiger partial charge on any atom is -0.436 e. The molecule has 0 aliphatic rings. The van der Waals surface area contributed by atoms with E-state index >= 15 is 0 Å². The number of fused-ring (bicyclic) bond motifs is 8. The zero-order valence-corrected chi connectivity index (χ0v) is 28.4. The normalized spacial score (nSPS) is 11.8. The highest BCUT2D eigenvalue weighted by Gasteiger charge is 2.17. The third-order valence-electron chi connectivity index (χ3n) is 10.3. The van der Waals surface area contributed by atoms with Crippen LogP contribution in [-0.2, 0) is 0 Å². The van der Waals surface area contributed by atoms with E-state index < -0.39 is 0 Å². The van der Waals surface area contributed by atoms with Crippen molar-refractivity contribution < 1.29 is 8.83 Å². The Hall–Kier alpha value is -7.24. The molecule has 5 heteroatoms. The summed E-state index contributed by atoms with van der Waals surface area (Å²) in [5, 5.41) is 9.28. The molecule has 11 rings (SSSR count). The first kappa shape index (κ1) is 29.5. The number of rotatable bonds is 5. The van der Waals surface area contributed by atoms with Gasteiger partial charge in [-0.2, -0.15) is 0 Å². The maximum atomic E-state index is 6.28. The molecule has 0 unspecified atom stereocenters. The fourth-order valence-corrected chi connectivity index (χ4v) is 7.59. The largest absolute Gasteiger partial charge is 0.436 e. The van der Waals surface area contributed by atoms with Crippen LogP contribution in [0.4, 0.5) is 17.1 Å². The molecule has 0 radical (unpaired) electrons. The Morgan fingerprint density at radius 1 is 0.340 bits per heavy atom. The Morgan fingerprint density at radius 2 is 0.755 bits per heavy atom. The van der Waals surface area contributed by atoms with Crippen LogP contribution in [-0.4, -0.2) is 9.97 Å². The van der Waals surface area contributed by atoms with Gasteiger partial charge in [0, 0.05) is 39.0 Å². The fourth-order valence-electron chi connectivity index (χ4n) is 7.59. The van der Waals surface area contributed by atoms with Crippen LogP contribution in [0.25, 0.3) is 88.2 Å². The minimum absolute atomic E-state index is 0.600. The molecule has 2 heterocycles. The molecule has 5 nitrogen and oxygen atoms in total. The van der Waals surface area contributed by atoms with E-state index in [0.717, 1.165) is 71.9 Å². The third-order valence-corrected chi connectivity index (χ3v) is 10.3. The highest BCUT2D eigenvalue weighted by atomic mass is 16.4. The Kier molecular flexibility index (Phi) is 6.48. The topological polar surface area (TPSA) is 55.3 Å². The van der Waals surface area contributed by atoms with Gasteiger partial charge in [-0.1, -0.05) is 91.0 Å². The first-order valence-corrected chi connectivity index (χ1v) is 17.7. The Morgan fingerprint density at radius 3 is 1.28 bits per heavy atom. The summed E-state index contributed by atoms with van der Waals surface area (Å²) in [6, 6.07) is 61.3. The second-order valence-electron chi connectivity index (χ2n) is 13.5. The predicted molar refractivity (Wildman–Crippen MR) is 217 cm³/mol. The molecule has 0 bridgehead atoms. The minimum atomic E-state index is 0.600. The van der Waals surface area contributed by atoms with Crippen LogP contribution in [0, 0.1) is 0 Å². The van der Waals surface area contributed by atoms with E-state index in [2.05, 4.69) is 144 Å². The van der Waals surface area contributed by atoms with Gasteiger partial charge < -0.3 is 13.7 Å². The van der Waals surface area contributed by atoms with Crippen LogP contribution in [0.15, 0.2) is 185 Å². The summed E-state index contributed by atoms with van der Waals surface area (Å²) in [5.41, 5.74) is 8.21. The third kappa shape index (κ3) is 4.94. The molecule has 0 saturated carbocycles. The summed E-state index contributed by atoms with van der Waals surface area (Å²) in [7, 11) is 0. The van der Waals surface area contributed by atoms with Crippen molar-refractivity contribution in [1.29, 1.82) is 0 Å². The second-order valence-corrected chi connectivity index (χ2v) is 13.5. The van der Waals surface area contributed by atoms with Crippen molar-refractivity contribution in [2.45, 2.75) is 0 Å². The summed E-state index contributed by atoms with van der Waals surface area (Å²) in [6.45, 7) is 0. The monoisotopic (exact) mass is 679 g/mol. The van der Waals surface area contributed by atoms with Crippen LogP contribution in [0.3, 0.4) is 0 Å². The lowest BCUT2D eigenvalue weighted by atomic mass is 10.0. The average molecular weight is 680 g/mol. The number of benzene rings is 9. The Labute approximate surface area is 304 Å². The summed E-state index contributed by atoms with van der Waals surface area (Å²) in [4.78, 5) is 12.2. The van der Waals surface area contributed by atoms with Crippen LogP contribution >= 0.6 is 0 Å². The van der Waals surface area contributed by atoms with E-state index in [1.54, 1.807) is 0 Å². The SMILES string of the molecule is c1ccc2cc3cc(N(c4ccc(-c5nc6c(ccc7ccccc76)o5)cc4)c4ccc(-c5nc6c(ccc7ccccc76)o5)cc4)ccc3cc2c1. The van der Waals surface area contributed by atoms with Crippen LogP contribution < -0.4 is 4.90 Å². The molecular weight excluding hydrogens is 651 g/mol. The molecule has 11 aromatic rings. The van der Waals surface area contributed by atoms with Crippen LogP contribution in [0.2, 0.25) is 0 Å². The lowest BCUT2D eigenvalue weighted by molar-refractivity contribution is 0.619. The number of oxazole rings is 2. The average Bonchev–Trinajstić information content (AvgIpc) is 3.87. The molecule has 0 atom stereocenters. The number of hydrogen-bond acceptors (Lipinski definition) is 5. The standard InChI is InChI=1S/C48H29N3O2/c1-2-10-35-28-37-29-40(24-17-36(37)27-34(35)9-1)51(38-20-13-32(14-21-38)47-49-45-41-11-5-3-7-30(41)18-25-43(45)52-47)39-22-15-33(16-23-39)48-50-46-42-12-6-4-8-31(42)19-26-44(46)53-48/h1-29H. The summed E-state index contributed by atoms with van der Waals surface area (Å²) in [5.74, 6) is 1.20. The molecule has 53 heavy (non-hydrogen) atoms. The smallest absolute Gasteiger partial charge is 0.227 e. The summed E-state index contributed by atoms with van der Waals surface area (Å²) in [6.07, 6.45) is 0. The highest BCUT2D eigenvalue weighted by Crippen LogP contribution is 2.39. The van der Waals surface area contributed by atoms with E-state index in [0.29, 0.717) is 11.8 Å². The van der Waals surface area contributed by atoms with E-state index in [-0.39, 0.29) is 0 Å². The predicted octanol–water partition coefficient (Wildman–Crippen LogP) is 13.4. The molecule has 0 saturated heterocycles. The molecule has 0 amide bonds. The molecule has 2 aromatic heterocycles. The number of aromatic nitrogens is 2. The summed E-state index contributed by atoms with van der Waals surface area (Å²) < 4.78 is 12.6. The molecule has 248 valence electrons. The molecule has 0 aliphatic carbocycles. The van der Waals surface area contributed by atoms with E-state index in [9.17, 15) is 0 Å². The van der Waals surface area contributed by atoms with Crippen molar-refractivity contribution in [2.75, 3.05) is 4.90 Å². The van der Waals surface area contributed by atoms with Gasteiger partial charge in [-0.25, -0.2) is 9.97 Å². The van der Waals surface area contributed by atoms with Gasteiger partial charge in [-0.15, -0.1) is 0 Å². The first-order valence-electron chi connectivity index (χ1n) is 17.7. The zero-order valence-electron chi connectivity index (χ0n) is 28.4. The van der Waals surface area contributed by atoms with Crippen molar-refractivity contribution in [2.24, 2.45) is 0 Å². The maximum absolute atomic E-state index is 6.28. The van der Waals surface area contributed by atoms with E-state index in [1.807, 2.05) is 36.4 Å². The quantitative estimate of drug-likeness (QED) is 0.169. The molecule has 0 spiro atoms. The van der Waals surface area contributed by atoms with E-state index in [1.165, 1.54) is 21.5 Å². The van der Waals surface area contributed by atoms with Gasteiger partial charge in [-0.05, 0) is 117 Å².